The van der Waals surface area contributed by atoms with Crippen molar-refractivity contribution in [3.63, 3.8) is 0 Å². The summed E-state index contributed by atoms with van der Waals surface area (Å²) in [6.07, 6.45) is 1.51. The predicted molar refractivity (Wildman–Crippen MR) is 58.4 cm³/mol. The highest BCUT2D eigenvalue weighted by atomic mass is 16.5. The van der Waals surface area contributed by atoms with Gasteiger partial charge in [0.2, 0.25) is 0 Å². The van der Waals surface area contributed by atoms with Gasteiger partial charge in [-0.1, -0.05) is 36.9 Å². The number of rotatable bonds is 2. The molecule has 2 nitrogen and oxygen atoms in total. The van der Waals surface area contributed by atoms with E-state index in [1.165, 1.54) is 6.08 Å². The molecule has 0 saturated carbocycles. The van der Waals surface area contributed by atoms with Crippen LogP contribution in [0.25, 0.3) is 0 Å². The van der Waals surface area contributed by atoms with E-state index in [0.717, 1.165) is 11.1 Å². The van der Waals surface area contributed by atoms with Gasteiger partial charge in [0.25, 0.3) is 0 Å². The summed E-state index contributed by atoms with van der Waals surface area (Å²) < 4.78 is 5.09. The van der Waals surface area contributed by atoms with Crippen molar-refractivity contribution >= 4 is 5.78 Å². The summed E-state index contributed by atoms with van der Waals surface area (Å²) in [6, 6.07) is 9.62. The lowest BCUT2D eigenvalue weighted by Crippen LogP contribution is -2.06. The first-order valence-electron chi connectivity index (χ1n) is 4.77. The molecule has 0 heterocycles. The minimum atomic E-state index is -0.263. The van der Waals surface area contributed by atoms with Gasteiger partial charge in [-0.25, -0.2) is 0 Å². The van der Waals surface area contributed by atoms with Crippen LogP contribution in [-0.2, 0) is 9.53 Å². The molecule has 0 N–H and O–H groups in total. The highest BCUT2D eigenvalue weighted by Crippen LogP contribution is 2.35. The third kappa shape index (κ3) is 1.59. The fourth-order valence-electron chi connectivity index (χ4n) is 1.82. The van der Waals surface area contributed by atoms with Crippen molar-refractivity contribution < 1.29 is 9.53 Å². The van der Waals surface area contributed by atoms with Crippen LogP contribution >= 0.6 is 0 Å². The first-order chi connectivity index (χ1) is 7.24. The number of hydrogen-bond donors (Lipinski definition) is 0. The Morgan fingerprint density at radius 2 is 1.93 bits per heavy atom. The first kappa shape index (κ1) is 9.71. The molecule has 0 saturated heterocycles. The summed E-state index contributed by atoms with van der Waals surface area (Å²) in [6.45, 7) is 3.90. The SMILES string of the molecule is C=C1C(OC)=CC(=O)C1c1ccccc1. The normalized spacial score (nSPS) is 20.3. The zero-order chi connectivity index (χ0) is 10.8. The molecule has 1 unspecified atom stereocenters. The number of ether oxygens (including phenoxy) is 1. The van der Waals surface area contributed by atoms with Gasteiger partial charge in [-0.3, -0.25) is 4.79 Å². The average Bonchev–Trinajstić information content (AvgIpc) is 2.55. The van der Waals surface area contributed by atoms with E-state index >= 15 is 0 Å². The summed E-state index contributed by atoms with van der Waals surface area (Å²) in [5.41, 5.74) is 1.71. The Bertz CT molecular complexity index is 429. The molecule has 0 radical (unpaired) electrons. The molecule has 0 aliphatic heterocycles. The average molecular weight is 200 g/mol. The highest BCUT2D eigenvalue weighted by Gasteiger charge is 2.31. The lowest BCUT2D eigenvalue weighted by atomic mass is 9.93. The van der Waals surface area contributed by atoms with Gasteiger partial charge in [0.15, 0.2) is 5.78 Å². The molecule has 1 aromatic rings. The minimum Gasteiger partial charge on any atom is -0.496 e. The number of carbonyl (C=O) groups is 1. The molecule has 0 fully saturated rings. The summed E-state index contributed by atoms with van der Waals surface area (Å²) in [4.78, 5) is 11.7. The second-order valence-electron chi connectivity index (χ2n) is 3.48. The molecule has 76 valence electrons. The molecule has 0 bridgehead atoms. The van der Waals surface area contributed by atoms with E-state index in [-0.39, 0.29) is 11.7 Å². The molecule has 0 amide bonds. The van der Waals surface area contributed by atoms with Gasteiger partial charge in [0.05, 0.1) is 13.0 Å². The molecule has 15 heavy (non-hydrogen) atoms. The smallest absolute Gasteiger partial charge is 0.171 e. The van der Waals surface area contributed by atoms with E-state index in [4.69, 9.17) is 4.74 Å². The quantitative estimate of drug-likeness (QED) is 0.733. The number of methoxy groups -OCH3 is 1. The number of ketones is 1. The molecule has 1 aliphatic rings. The van der Waals surface area contributed by atoms with Crippen LogP contribution in [0, 0.1) is 0 Å². The van der Waals surface area contributed by atoms with Crippen molar-refractivity contribution in [1.29, 1.82) is 0 Å². The van der Waals surface area contributed by atoms with E-state index in [9.17, 15) is 4.79 Å². The van der Waals surface area contributed by atoms with Crippen LogP contribution in [-0.4, -0.2) is 12.9 Å². The Morgan fingerprint density at radius 3 is 2.47 bits per heavy atom. The number of allylic oxidation sites excluding steroid dienone is 2. The van der Waals surface area contributed by atoms with Gasteiger partial charge >= 0.3 is 0 Å². The maximum Gasteiger partial charge on any atom is 0.171 e. The van der Waals surface area contributed by atoms with Crippen molar-refractivity contribution in [2.75, 3.05) is 7.11 Å². The molecule has 2 heteroatoms. The van der Waals surface area contributed by atoms with Gasteiger partial charge in [-0.05, 0) is 5.56 Å². The van der Waals surface area contributed by atoms with E-state index in [0.29, 0.717) is 5.76 Å². The highest BCUT2D eigenvalue weighted by molar-refractivity contribution is 6.02. The van der Waals surface area contributed by atoms with Crippen molar-refractivity contribution in [1.82, 2.24) is 0 Å². The maximum atomic E-state index is 11.7. The lowest BCUT2D eigenvalue weighted by Gasteiger charge is -2.11. The minimum absolute atomic E-state index is 0.0445. The molecule has 2 rings (SSSR count). The zero-order valence-electron chi connectivity index (χ0n) is 8.57. The van der Waals surface area contributed by atoms with Gasteiger partial charge in [-0.2, -0.15) is 0 Å². The Labute approximate surface area is 88.9 Å². The fraction of sp³-hybridized carbons (Fsp3) is 0.154. The van der Waals surface area contributed by atoms with E-state index < -0.39 is 0 Å². The fourth-order valence-corrected chi connectivity index (χ4v) is 1.82. The third-order valence-corrected chi connectivity index (χ3v) is 2.58. The number of benzene rings is 1. The zero-order valence-corrected chi connectivity index (χ0v) is 8.57. The predicted octanol–water partition coefficient (Wildman–Crippen LogP) is 2.44. The number of carbonyl (C=O) groups excluding carboxylic acids is 1. The summed E-state index contributed by atoms with van der Waals surface area (Å²) in [7, 11) is 1.55. The molecule has 1 aromatic carbocycles. The van der Waals surface area contributed by atoms with Gasteiger partial charge in [0, 0.05) is 11.6 Å². The standard InChI is InChI=1S/C13H12O2/c1-9-12(15-2)8-11(14)13(9)10-6-4-3-5-7-10/h3-8,13H,1H2,2H3. The van der Waals surface area contributed by atoms with Crippen molar-refractivity contribution in [3.05, 3.63) is 59.9 Å². The van der Waals surface area contributed by atoms with E-state index in [1.807, 2.05) is 30.3 Å². The van der Waals surface area contributed by atoms with Gasteiger partial charge < -0.3 is 4.74 Å². The van der Waals surface area contributed by atoms with Crippen molar-refractivity contribution in [2.45, 2.75) is 5.92 Å². The van der Waals surface area contributed by atoms with Crippen LogP contribution in [0.4, 0.5) is 0 Å². The monoisotopic (exact) mass is 200 g/mol. The number of hydrogen-bond acceptors (Lipinski definition) is 2. The van der Waals surface area contributed by atoms with Crippen LogP contribution in [0.5, 0.6) is 0 Å². The lowest BCUT2D eigenvalue weighted by molar-refractivity contribution is -0.114. The molecule has 0 spiro atoms. The maximum absolute atomic E-state index is 11.7. The van der Waals surface area contributed by atoms with Crippen LogP contribution in [0.3, 0.4) is 0 Å². The second kappa shape index (κ2) is 3.73. The van der Waals surface area contributed by atoms with Crippen molar-refractivity contribution in [3.8, 4) is 0 Å². The van der Waals surface area contributed by atoms with E-state index in [1.54, 1.807) is 7.11 Å². The topological polar surface area (TPSA) is 26.3 Å². The Kier molecular flexibility index (Phi) is 2.42. The van der Waals surface area contributed by atoms with Gasteiger partial charge in [-0.15, -0.1) is 0 Å². The van der Waals surface area contributed by atoms with Gasteiger partial charge in [0.1, 0.15) is 5.76 Å². The molecule has 1 atom stereocenters. The van der Waals surface area contributed by atoms with E-state index in [2.05, 4.69) is 6.58 Å². The van der Waals surface area contributed by atoms with Crippen LogP contribution in [0.15, 0.2) is 54.3 Å². The van der Waals surface area contributed by atoms with Crippen LogP contribution in [0.2, 0.25) is 0 Å². The first-order valence-corrected chi connectivity index (χ1v) is 4.77. The third-order valence-electron chi connectivity index (χ3n) is 2.58. The summed E-state index contributed by atoms with van der Waals surface area (Å²) in [5, 5.41) is 0. The Hall–Kier alpha value is -1.83. The van der Waals surface area contributed by atoms with Crippen LogP contribution in [0.1, 0.15) is 11.5 Å². The molecule has 1 aliphatic carbocycles. The Balaban J connectivity index is 2.35. The van der Waals surface area contributed by atoms with Crippen LogP contribution < -0.4 is 0 Å². The molecular formula is C13H12O2. The molecule has 0 aromatic heterocycles. The Morgan fingerprint density at radius 1 is 1.27 bits per heavy atom. The summed E-state index contributed by atoms with van der Waals surface area (Å²) in [5.74, 6) is 0.373. The summed E-state index contributed by atoms with van der Waals surface area (Å²) >= 11 is 0. The largest absolute Gasteiger partial charge is 0.496 e. The molecular weight excluding hydrogens is 188 g/mol. The van der Waals surface area contributed by atoms with Crippen molar-refractivity contribution in [2.24, 2.45) is 0 Å². The second-order valence-corrected chi connectivity index (χ2v) is 3.48.